The summed E-state index contributed by atoms with van der Waals surface area (Å²) in [6, 6.07) is 5.46. The molecular formula is C16H21NO4. The van der Waals surface area contributed by atoms with Crippen LogP contribution >= 0.6 is 0 Å². The Morgan fingerprint density at radius 2 is 2.00 bits per heavy atom. The van der Waals surface area contributed by atoms with Crippen molar-refractivity contribution in [1.82, 2.24) is 0 Å². The van der Waals surface area contributed by atoms with Gasteiger partial charge < -0.3 is 9.84 Å². The third kappa shape index (κ3) is 2.48. The maximum Gasteiger partial charge on any atom is 0.329 e. The molecular weight excluding hydrogens is 270 g/mol. The van der Waals surface area contributed by atoms with E-state index in [1.165, 1.54) is 18.7 Å². The lowest BCUT2D eigenvalue weighted by molar-refractivity contribution is -0.145. The van der Waals surface area contributed by atoms with Crippen molar-refractivity contribution in [2.45, 2.75) is 46.3 Å². The Labute approximate surface area is 124 Å². The normalized spacial score (nSPS) is 18.5. The second-order valence-electron chi connectivity index (χ2n) is 6.29. The van der Waals surface area contributed by atoms with Crippen LogP contribution in [-0.2, 0) is 9.59 Å². The fourth-order valence-electron chi connectivity index (χ4n) is 2.43. The number of carbonyl (C=O) groups excluding carboxylic acids is 1. The van der Waals surface area contributed by atoms with E-state index >= 15 is 0 Å². The van der Waals surface area contributed by atoms with Crippen molar-refractivity contribution in [1.29, 1.82) is 0 Å². The molecule has 0 radical (unpaired) electrons. The van der Waals surface area contributed by atoms with Gasteiger partial charge in [0.2, 0.25) is 0 Å². The van der Waals surface area contributed by atoms with Crippen molar-refractivity contribution in [3.63, 3.8) is 0 Å². The number of carboxylic acid groups (broad SMARTS) is 1. The van der Waals surface area contributed by atoms with Gasteiger partial charge in [-0.2, -0.15) is 0 Å². The first-order chi connectivity index (χ1) is 9.66. The van der Waals surface area contributed by atoms with Gasteiger partial charge in [0, 0.05) is 0 Å². The average molecular weight is 291 g/mol. The van der Waals surface area contributed by atoms with Crippen LogP contribution in [0.25, 0.3) is 0 Å². The van der Waals surface area contributed by atoms with Gasteiger partial charge in [0.15, 0.2) is 6.10 Å². The summed E-state index contributed by atoms with van der Waals surface area (Å²) in [5.41, 5.74) is 0.125. The standard InChI is InChI=1S/C16H21NO4/c1-9(2)13-14(18)17(16(4,5)15(19)20)11-8-10(3)6-7-12(11)21-13/h6-9,13H,1-5H3,(H,19,20). The van der Waals surface area contributed by atoms with Crippen molar-refractivity contribution in [2.75, 3.05) is 4.90 Å². The molecule has 114 valence electrons. The second kappa shape index (κ2) is 5.06. The summed E-state index contributed by atoms with van der Waals surface area (Å²) in [4.78, 5) is 25.7. The molecule has 2 rings (SSSR count). The van der Waals surface area contributed by atoms with E-state index in [0.717, 1.165) is 5.56 Å². The van der Waals surface area contributed by atoms with Crippen LogP contribution in [0.15, 0.2) is 18.2 Å². The van der Waals surface area contributed by atoms with E-state index in [4.69, 9.17) is 4.74 Å². The van der Waals surface area contributed by atoms with Crippen molar-refractivity contribution in [3.8, 4) is 5.75 Å². The molecule has 0 fully saturated rings. The smallest absolute Gasteiger partial charge is 0.329 e. The highest BCUT2D eigenvalue weighted by molar-refractivity contribution is 6.06. The lowest BCUT2D eigenvalue weighted by Gasteiger charge is -2.42. The zero-order valence-corrected chi connectivity index (χ0v) is 13.0. The van der Waals surface area contributed by atoms with Gasteiger partial charge in [-0.15, -0.1) is 0 Å². The Hall–Kier alpha value is -2.04. The van der Waals surface area contributed by atoms with Gasteiger partial charge in [-0.05, 0) is 44.4 Å². The Morgan fingerprint density at radius 1 is 1.38 bits per heavy atom. The first-order valence-corrected chi connectivity index (χ1v) is 7.01. The lowest BCUT2D eigenvalue weighted by Crippen LogP contribution is -2.60. The minimum atomic E-state index is -1.34. The number of aryl methyl sites for hydroxylation is 1. The van der Waals surface area contributed by atoms with Crippen molar-refractivity contribution in [3.05, 3.63) is 23.8 Å². The largest absolute Gasteiger partial charge is 0.480 e. The van der Waals surface area contributed by atoms with Gasteiger partial charge in [-0.1, -0.05) is 19.9 Å². The molecule has 0 bridgehead atoms. The van der Waals surface area contributed by atoms with E-state index in [9.17, 15) is 14.7 Å². The molecule has 0 saturated heterocycles. The van der Waals surface area contributed by atoms with Crippen LogP contribution in [0.5, 0.6) is 5.75 Å². The zero-order valence-electron chi connectivity index (χ0n) is 13.0. The van der Waals surface area contributed by atoms with E-state index in [2.05, 4.69) is 0 Å². The zero-order chi connectivity index (χ0) is 15.9. The second-order valence-corrected chi connectivity index (χ2v) is 6.29. The van der Waals surface area contributed by atoms with Crippen LogP contribution in [-0.4, -0.2) is 28.6 Å². The predicted octanol–water partition coefficient (Wildman–Crippen LogP) is 2.61. The van der Waals surface area contributed by atoms with Crippen LogP contribution in [0.2, 0.25) is 0 Å². The minimum Gasteiger partial charge on any atom is -0.480 e. The average Bonchev–Trinajstić information content (AvgIpc) is 2.36. The molecule has 1 atom stereocenters. The highest BCUT2D eigenvalue weighted by Gasteiger charge is 2.46. The van der Waals surface area contributed by atoms with E-state index in [1.54, 1.807) is 12.1 Å². The summed E-state index contributed by atoms with van der Waals surface area (Å²) in [5, 5.41) is 9.50. The van der Waals surface area contributed by atoms with Gasteiger partial charge in [-0.3, -0.25) is 9.69 Å². The van der Waals surface area contributed by atoms with Crippen LogP contribution in [0, 0.1) is 12.8 Å². The van der Waals surface area contributed by atoms with E-state index in [-0.39, 0.29) is 11.8 Å². The van der Waals surface area contributed by atoms with Gasteiger partial charge in [0.25, 0.3) is 5.91 Å². The number of rotatable bonds is 3. The first-order valence-electron chi connectivity index (χ1n) is 7.01. The van der Waals surface area contributed by atoms with E-state index in [1.807, 2.05) is 26.8 Å². The van der Waals surface area contributed by atoms with Crippen LogP contribution in [0.4, 0.5) is 5.69 Å². The number of carbonyl (C=O) groups is 2. The van der Waals surface area contributed by atoms with Crippen molar-refractivity contribution < 1.29 is 19.4 Å². The minimum absolute atomic E-state index is 0.0425. The first kappa shape index (κ1) is 15.4. The van der Waals surface area contributed by atoms with Gasteiger partial charge in [0.1, 0.15) is 11.3 Å². The topological polar surface area (TPSA) is 66.8 Å². The number of benzene rings is 1. The lowest BCUT2D eigenvalue weighted by atomic mass is 9.95. The van der Waals surface area contributed by atoms with Gasteiger partial charge >= 0.3 is 5.97 Å². The third-order valence-electron chi connectivity index (χ3n) is 3.76. The molecule has 1 amide bonds. The number of nitrogens with zero attached hydrogens (tertiary/aromatic N) is 1. The molecule has 1 aromatic carbocycles. The number of fused-ring (bicyclic) bond motifs is 1. The number of aliphatic carboxylic acids is 1. The fraction of sp³-hybridized carbons (Fsp3) is 0.500. The maximum atomic E-state index is 12.7. The molecule has 1 heterocycles. The molecule has 1 N–H and O–H groups in total. The molecule has 21 heavy (non-hydrogen) atoms. The van der Waals surface area contributed by atoms with Gasteiger partial charge in [0.05, 0.1) is 5.69 Å². The van der Waals surface area contributed by atoms with Gasteiger partial charge in [-0.25, -0.2) is 4.79 Å². The number of anilines is 1. The number of hydrogen-bond donors (Lipinski definition) is 1. The van der Waals surface area contributed by atoms with E-state index < -0.39 is 17.6 Å². The molecule has 1 unspecified atom stereocenters. The number of amides is 1. The molecule has 5 nitrogen and oxygen atoms in total. The monoisotopic (exact) mass is 291 g/mol. The summed E-state index contributed by atoms with van der Waals surface area (Å²) < 4.78 is 5.78. The molecule has 0 aliphatic carbocycles. The predicted molar refractivity (Wildman–Crippen MR) is 79.6 cm³/mol. The van der Waals surface area contributed by atoms with Crippen molar-refractivity contribution >= 4 is 17.6 Å². The Kier molecular flexibility index (Phi) is 3.70. The quantitative estimate of drug-likeness (QED) is 0.929. The Bertz CT molecular complexity index is 592. The molecule has 1 aromatic rings. The summed E-state index contributed by atoms with van der Waals surface area (Å²) in [6.07, 6.45) is -0.668. The summed E-state index contributed by atoms with van der Waals surface area (Å²) in [5.74, 6) is -0.851. The molecule has 1 aliphatic rings. The molecule has 1 aliphatic heterocycles. The molecule has 0 saturated carbocycles. The molecule has 0 aromatic heterocycles. The number of carboxylic acids is 1. The summed E-state index contributed by atoms with van der Waals surface area (Å²) in [6.45, 7) is 8.72. The number of ether oxygens (including phenoxy) is 1. The summed E-state index contributed by atoms with van der Waals surface area (Å²) >= 11 is 0. The third-order valence-corrected chi connectivity index (χ3v) is 3.76. The molecule has 0 spiro atoms. The Balaban J connectivity index is 2.63. The highest BCUT2D eigenvalue weighted by Crippen LogP contribution is 2.40. The maximum absolute atomic E-state index is 12.7. The van der Waals surface area contributed by atoms with Crippen LogP contribution < -0.4 is 9.64 Å². The highest BCUT2D eigenvalue weighted by atomic mass is 16.5. The van der Waals surface area contributed by atoms with E-state index in [0.29, 0.717) is 11.4 Å². The molecule has 5 heteroatoms. The number of hydrogen-bond acceptors (Lipinski definition) is 3. The Morgan fingerprint density at radius 3 is 2.52 bits per heavy atom. The van der Waals surface area contributed by atoms with Crippen molar-refractivity contribution in [2.24, 2.45) is 5.92 Å². The fourth-order valence-corrected chi connectivity index (χ4v) is 2.43. The van der Waals surface area contributed by atoms with Crippen LogP contribution in [0.1, 0.15) is 33.3 Å². The summed E-state index contributed by atoms with van der Waals surface area (Å²) in [7, 11) is 0. The van der Waals surface area contributed by atoms with Crippen LogP contribution in [0.3, 0.4) is 0 Å². The SMILES string of the molecule is Cc1ccc2c(c1)N(C(C)(C)C(=O)O)C(=O)C(C(C)C)O2.